The molecule has 4 N–H and O–H groups in total. The molecule has 1 heterocycles. The Morgan fingerprint density at radius 1 is 1.29 bits per heavy atom. The van der Waals surface area contributed by atoms with E-state index in [0.717, 1.165) is 29.7 Å². The van der Waals surface area contributed by atoms with Crippen molar-refractivity contribution in [2.45, 2.75) is 52.1 Å². The van der Waals surface area contributed by atoms with Crippen LogP contribution in [0, 0.1) is 5.82 Å². The van der Waals surface area contributed by atoms with E-state index in [0.29, 0.717) is 49.8 Å². The molecule has 0 saturated carbocycles. The number of nitrogens with two attached hydrogens (primary N) is 1. The third kappa shape index (κ3) is 6.39. The first-order valence-corrected chi connectivity index (χ1v) is 12.0. The molecule has 2 aromatic rings. The summed E-state index contributed by atoms with van der Waals surface area (Å²) < 4.78 is 24.8. The smallest absolute Gasteiger partial charge is 0.250 e. The summed E-state index contributed by atoms with van der Waals surface area (Å²) >= 11 is 0. The molecule has 2 atom stereocenters. The number of hydrogen-bond donors (Lipinski definition) is 3. The number of rotatable bonds is 13. The summed E-state index contributed by atoms with van der Waals surface area (Å²) in [5.74, 6) is 0.110. The third-order valence-corrected chi connectivity index (χ3v) is 6.01. The van der Waals surface area contributed by atoms with Crippen molar-refractivity contribution in [1.29, 1.82) is 0 Å². The van der Waals surface area contributed by atoms with Crippen LogP contribution < -0.4 is 25.4 Å². The number of halogens is 1. The van der Waals surface area contributed by atoms with E-state index in [2.05, 4.69) is 30.1 Å². The van der Waals surface area contributed by atoms with Crippen LogP contribution in [-0.4, -0.2) is 56.0 Å². The molecule has 1 aliphatic rings. The molecule has 7 nitrogen and oxygen atoms in total. The van der Waals surface area contributed by atoms with E-state index in [-0.39, 0.29) is 24.5 Å². The Morgan fingerprint density at radius 2 is 2.09 bits per heavy atom. The number of aliphatic hydroxyl groups is 1. The number of anilines is 1. The zero-order valence-electron chi connectivity index (χ0n) is 20.3. The number of primary amides is 1. The van der Waals surface area contributed by atoms with Crippen LogP contribution in [0.15, 0.2) is 30.3 Å². The van der Waals surface area contributed by atoms with Gasteiger partial charge in [0.15, 0.2) is 11.5 Å². The maximum absolute atomic E-state index is 13.6. The fourth-order valence-corrected chi connectivity index (χ4v) is 4.54. The second-order valence-corrected chi connectivity index (χ2v) is 8.77. The van der Waals surface area contributed by atoms with E-state index in [1.807, 2.05) is 13.0 Å². The van der Waals surface area contributed by atoms with E-state index in [4.69, 9.17) is 15.2 Å². The first kappa shape index (κ1) is 25.8. The summed E-state index contributed by atoms with van der Waals surface area (Å²) in [6.45, 7) is 8.28. The highest BCUT2D eigenvalue weighted by Crippen LogP contribution is 2.36. The van der Waals surface area contributed by atoms with Gasteiger partial charge < -0.3 is 30.5 Å². The predicted octanol–water partition coefficient (Wildman–Crippen LogP) is 3.06. The average molecular weight is 474 g/mol. The van der Waals surface area contributed by atoms with Crippen LogP contribution in [0.25, 0.3) is 0 Å². The van der Waals surface area contributed by atoms with Crippen molar-refractivity contribution in [2.24, 2.45) is 5.73 Å². The molecule has 1 unspecified atom stereocenters. The number of nitrogens with one attached hydrogen (secondary N) is 1. The molecule has 0 spiro atoms. The molecule has 186 valence electrons. The van der Waals surface area contributed by atoms with Crippen LogP contribution >= 0.6 is 0 Å². The van der Waals surface area contributed by atoms with Crippen LogP contribution in [0.2, 0.25) is 0 Å². The van der Waals surface area contributed by atoms with E-state index < -0.39 is 5.91 Å². The maximum Gasteiger partial charge on any atom is 0.250 e. The number of amides is 1. The van der Waals surface area contributed by atoms with Gasteiger partial charge in [0.25, 0.3) is 5.91 Å². The van der Waals surface area contributed by atoms with Crippen molar-refractivity contribution in [2.75, 3.05) is 37.8 Å². The molecule has 2 aromatic carbocycles. The van der Waals surface area contributed by atoms with Gasteiger partial charge in [-0.1, -0.05) is 6.07 Å². The summed E-state index contributed by atoms with van der Waals surface area (Å²) in [6, 6.07) is 8.68. The Kier molecular flexibility index (Phi) is 9.12. The van der Waals surface area contributed by atoms with Crippen LogP contribution in [0.1, 0.15) is 48.7 Å². The van der Waals surface area contributed by atoms with Crippen molar-refractivity contribution in [3.63, 3.8) is 0 Å². The highest BCUT2D eigenvalue weighted by Gasteiger charge is 2.30. The van der Waals surface area contributed by atoms with Gasteiger partial charge in [-0.2, -0.15) is 0 Å². The van der Waals surface area contributed by atoms with Crippen molar-refractivity contribution < 1.29 is 23.8 Å². The van der Waals surface area contributed by atoms with Gasteiger partial charge in [0, 0.05) is 37.8 Å². The fourth-order valence-electron chi connectivity index (χ4n) is 4.54. The van der Waals surface area contributed by atoms with E-state index in [1.54, 1.807) is 6.07 Å². The lowest BCUT2D eigenvalue weighted by Gasteiger charge is -2.26. The van der Waals surface area contributed by atoms with E-state index in [1.165, 1.54) is 12.1 Å². The molecule has 0 bridgehead atoms. The van der Waals surface area contributed by atoms with Crippen LogP contribution in [0.4, 0.5) is 10.1 Å². The van der Waals surface area contributed by atoms with Gasteiger partial charge >= 0.3 is 0 Å². The van der Waals surface area contributed by atoms with Crippen LogP contribution in [-0.2, 0) is 12.8 Å². The highest BCUT2D eigenvalue weighted by molar-refractivity contribution is 6.00. The Labute approximate surface area is 201 Å². The van der Waals surface area contributed by atoms with Gasteiger partial charge in [-0.3, -0.25) is 4.79 Å². The third-order valence-electron chi connectivity index (χ3n) is 6.01. The lowest BCUT2D eigenvalue weighted by molar-refractivity contribution is 0.100. The van der Waals surface area contributed by atoms with Gasteiger partial charge in [-0.05, 0) is 69.4 Å². The molecule has 0 saturated heterocycles. The molecule has 1 aliphatic heterocycles. The Hall–Kier alpha value is -2.84. The summed E-state index contributed by atoms with van der Waals surface area (Å²) in [5, 5.41) is 12.6. The average Bonchev–Trinajstić information content (AvgIpc) is 3.11. The van der Waals surface area contributed by atoms with Gasteiger partial charge in [-0.15, -0.1) is 0 Å². The molecule has 1 amide bonds. The number of aliphatic hydroxyl groups excluding tert-OH is 1. The second kappa shape index (κ2) is 12.0. The summed E-state index contributed by atoms with van der Waals surface area (Å²) in [7, 11) is 0. The zero-order chi connectivity index (χ0) is 24.7. The topological polar surface area (TPSA) is 97.1 Å². The van der Waals surface area contributed by atoms with Gasteiger partial charge in [0.05, 0.1) is 17.9 Å². The summed E-state index contributed by atoms with van der Waals surface area (Å²) in [6.07, 6.45) is 2.22. The standard InChI is InChI=1S/C26H36FN3O4/c1-4-33-23-7-6-21(27)16-24(23)34-11-8-29-17(2)12-19-14-20-13-18(3)30(9-5-10-31)25(20)22(15-19)26(28)32/h6-7,14-18,29,31H,4-5,8-13H2,1-3H3,(H2,28,32)/t17-,18?/m1/s1. The largest absolute Gasteiger partial charge is 0.490 e. The summed E-state index contributed by atoms with van der Waals surface area (Å²) in [4.78, 5) is 14.4. The molecule has 34 heavy (non-hydrogen) atoms. The molecule has 0 radical (unpaired) electrons. The monoisotopic (exact) mass is 473 g/mol. The maximum atomic E-state index is 13.6. The Balaban J connectivity index is 1.60. The minimum absolute atomic E-state index is 0.113. The first-order valence-electron chi connectivity index (χ1n) is 12.0. The number of carbonyl (C=O) groups is 1. The number of nitrogens with zero attached hydrogens (tertiary/aromatic N) is 1. The van der Waals surface area contributed by atoms with Crippen LogP contribution in [0.5, 0.6) is 11.5 Å². The quantitative estimate of drug-likeness (QED) is 0.387. The number of fused-ring (bicyclic) bond motifs is 1. The highest BCUT2D eigenvalue weighted by atomic mass is 19.1. The van der Waals surface area contributed by atoms with Crippen molar-refractivity contribution in [3.8, 4) is 11.5 Å². The molecular weight excluding hydrogens is 437 g/mol. The number of carbonyl (C=O) groups excluding carboxylic acids is 1. The molecular formula is C26H36FN3O4. The second-order valence-electron chi connectivity index (χ2n) is 8.77. The van der Waals surface area contributed by atoms with E-state index in [9.17, 15) is 14.3 Å². The van der Waals surface area contributed by atoms with Crippen molar-refractivity contribution in [1.82, 2.24) is 5.32 Å². The van der Waals surface area contributed by atoms with Crippen molar-refractivity contribution in [3.05, 3.63) is 52.8 Å². The molecule has 8 heteroatoms. The lowest BCUT2D eigenvalue weighted by atomic mass is 9.97. The van der Waals surface area contributed by atoms with Gasteiger partial charge in [0.1, 0.15) is 12.4 Å². The first-order chi connectivity index (χ1) is 16.3. The zero-order valence-corrected chi connectivity index (χ0v) is 20.3. The van der Waals surface area contributed by atoms with Crippen LogP contribution in [0.3, 0.4) is 0 Å². The number of hydrogen-bond acceptors (Lipinski definition) is 6. The molecule has 0 aliphatic carbocycles. The fraction of sp³-hybridized carbons (Fsp3) is 0.500. The SMILES string of the molecule is CCOc1ccc(F)cc1OCCN[C@H](C)Cc1cc2c(c(C(N)=O)c1)N(CCCO)C(C)C2. The van der Waals surface area contributed by atoms with Gasteiger partial charge in [-0.25, -0.2) is 4.39 Å². The lowest BCUT2D eigenvalue weighted by Crippen LogP contribution is -2.33. The Morgan fingerprint density at radius 3 is 2.79 bits per heavy atom. The molecule has 0 aromatic heterocycles. The number of ether oxygens (including phenoxy) is 2. The number of benzene rings is 2. The molecule has 3 rings (SSSR count). The predicted molar refractivity (Wildman–Crippen MR) is 131 cm³/mol. The summed E-state index contributed by atoms with van der Waals surface area (Å²) in [5.41, 5.74) is 9.36. The van der Waals surface area contributed by atoms with E-state index >= 15 is 0 Å². The van der Waals surface area contributed by atoms with Gasteiger partial charge in [0.2, 0.25) is 0 Å². The minimum Gasteiger partial charge on any atom is -0.490 e. The normalized spacial score (nSPS) is 15.8. The molecule has 0 fully saturated rings. The van der Waals surface area contributed by atoms with Crippen molar-refractivity contribution >= 4 is 11.6 Å². The Bertz CT molecular complexity index is 985. The minimum atomic E-state index is -0.435.